The Bertz CT molecular complexity index is 544. The van der Waals surface area contributed by atoms with Crippen molar-refractivity contribution in [3.63, 3.8) is 0 Å². The van der Waals surface area contributed by atoms with Crippen LogP contribution in [0.25, 0.3) is 0 Å². The van der Waals surface area contributed by atoms with E-state index >= 15 is 0 Å². The maximum absolute atomic E-state index is 13.9. The smallest absolute Gasteiger partial charge is 0.171 e. The minimum atomic E-state index is -0.383. The van der Waals surface area contributed by atoms with Crippen LogP contribution >= 0.6 is 0 Å². The maximum atomic E-state index is 13.9. The highest BCUT2D eigenvalue weighted by Gasteiger charge is 2.56. The molecule has 0 atom stereocenters. The van der Waals surface area contributed by atoms with Crippen molar-refractivity contribution in [1.82, 2.24) is 0 Å². The summed E-state index contributed by atoms with van der Waals surface area (Å²) in [4.78, 5) is 13.9. The Morgan fingerprint density at radius 3 is 1.67 bits per heavy atom. The molecule has 3 heteroatoms. The standard InChI is InChI=1S/C24H36O3/c1-3-26-23(16-10-6-11-17-23)22(21(25)20-14-8-5-9-15-20)24(27-4-2)18-12-7-13-19-24/h5,8-9,14-15,22H,3-4,6-7,10-13,16-19H2,1-2H3. The summed E-state index contributed by atoms with van der Waals surface area (Å²) in [6, 6.07) is 9.82. The summed E-state index contributed by atoms with van der Waals surface area (Å²) >= 11 is 0. The van der Waals surface area contributed by atoms with Crippen LogP contribution in [0.15, 0.2) is 30.3 Å². The zero-order valence-electron chi connectivity index (χ0n) is 17.2. The van der Waals surface area contributed by atoms with Crippen molar-refractivity contribution in [3.8, 4) is 0 Å². The summed E-state index contributed by atoms with van der Waals surface area (Å²) in [5, 5.41) is 0. The van der Waals surface area contributed by atoms with Crippen molar-refractivity contribution in [3.05, 3.63) is 35.9 Å². The third kappa shape index (κ3) is 4.30. The monoisotopic (exact) mass is 372 g/mol. The Morgan fingerprint density at radius 2 is 1.26 bits per heavy atom. The first kappa shape index (κ1) is 20.5. The van der Waals surface area contributed by atoms with Crippen LogP contribution in [0.5, 0.6) is 0 Å². The molecule has 0 amide bonds. The number of hydrogen-bond acceptors (Lipinski definition) is 3. The van der Waals surface area contributed by atoms with E-state index in [-0.39, 0.29) is 22.9 Å². The molecule has 0 spiro atoms. The number of carbonyl (C=O) groups excluding carboxylic acids is 1. The van der Waals surface area contributed by atoms with Crippen molar-refractivity contribution in [2.45, 2.75) is 89.3 Å². The van der Waals surface area contributed by atoms with E-state index < -0.39 is 0 Å². The molecule has 2 saturated carbocycles. The van der Waals surface area contributed by atoms with E-state index in [9.17, 15) is 4.79 Å². The number of benzene rings is 1. The highest BCUT2D eigenvalue weighted by Crippen LogP contribution is 2.50. The van der Waals surface area contributed by atoms with Gasteiger partial charge in [0.25, 0.3) is 0 Å². The molecule has 2 aliphatic carbocycles. The molecule has 0 unspecified atom stereocenters. The van der Waals surface area contributed by atoms with Gasteiger partial charge < -0.3 is 9.47 Å². The van der Waals surface area contributed by atoms with Gasteiger partial charge in [-0.3, -0.25) is 4.79 Å². The number of carbonyl (C=O) groups is 1. The summed E-state index contributed by atoms with van der Waals surface area (Å²) in [7, 11) is 0. The van der Waals surface area contributed by atoms with Crippen LogP contribution in [-0.2, 0) is 9.47 Å². The van der Waals surface area contributed by atoms with Crippen LogP contribution in [0.1, 0.15) is 88.4 Å². The topological polar surface area (TPSA) is 35.5 Å². The fourth-order valence-electron chi connectivity index (χ4n) is 5.63. The highest BCUT2D eigenvalue weighted by molar-refractivity contribution is 5.99. The van der Waals surface area contributed by atoms with Gasteiger partial charge in [0.2, 0.25) is 0 Å². The van der Waals surface area contributed by atoms with Gasteiger partial charge in [0.15, 0.2) is 5.78 Å². The molecule has 0 heterocycles. The van der Waals surface area contributed by atoms with E-state index in [4.69, 9.17) is 9.47 Å². The van der Waals surface area contributed by atoms with Crippen LogP contribution in [0.3, 0.4) is 0 Å². The third-order valence-electron chi connectivity index (χ3n) is 6.64. The summed E-state index contributed by atoms with van der Waals surface area (Å²) < 4.78 is 13.0. The first-order chi connectivity index (χ1) is 13.2. The minimum absolute atomic E-state index is 0.215. The van der Waals surface area contributed by atoms with Crippen LogP contribution in [-0.4, -0.2) is 30.2 Å². The second kappa shape index (κ2) is 9.34. The molecular weight excluding hydrogens is 336 g/mol. The second-order valence-corrected chi connectivity index (χ2v) is 8.28. The normalized spacial score (nSPS) is 21.9. The zero-order chi connectivity index (χ0) is 19.2. The molecule has 2 fully saturated rings. The van der Waals surface area contributed by atoms with Gasteiger partial charge in [-0.2, -0.15) is 0 Å². The van der Waals surface area contributed by atoms with Crippen LogP contribution in [0, 0.1) is 5.92 Å². The Labute approximate surface area is 164 Å². The Kier molecular flexibility index (Phi) is 7.10. The third-order valence-corrected chi connectivity index (χ3v) is 6.64. The van der Waals surface area contributed by atoms with Crippen LogP contribution in [0.2, 0.25) is 0 Å². The van der Waals surface area contributed by atoms with Gasteiger partial charge in [0.05, 0.1) is 17.1 Å². The van der Waals surface area contributed by atoms with E-state index in [1.807, 2.05) is 30.3 Å². The lowest BCUT2D eigenvalue weighted by Gasteiger charge is -2.52. The number of rotatable bonds is 8. The molecule has 3 nitrogen and oxygen atoms in total. The summed E-state index contributed by atoms with van der Waals surface area (Å²) in [6.45, 7) is 5.44. The molecular formula is C24H36O3. The lowest BCUT2D eigenvalue weighted by molar-refractivity contribution is -0.181. The first-order valence-electron chi connectivity index (χ1n) is 11.0. The molecule has 0 N–H and O–H groups in total. The van der Waals surface area contributed by atoms with E-state index in [0.717, 1.165) is 56.9 Å². The predicted molar refractivity (Wildman–Crippen MR) is 109 cm³/mol. The van der Waals surface area contributed by atoms with Gasteiger partial charge >= 0.3 is 0 Å². The lowest BCUT2D eigenvalue weighted by Crippen LogP contribution is -2.59. The lowest BCUT2D eigenvalue weighted by atomic mass is 9.61. The molecule has 3 rings (SSSR count). The van der Waals surface area contributed by atoms with Gasteiger partial charge in [0.1, 0.15) is 0 Å². The predicted octanol–water partition coefficient (Wildman–Crippen LogP) is 5.96. The van der Waals surface area contributed by atoms with Gasteiger partial charge in [-0.05, 0) is 39.5 Å². The fourth-order valence-corrected chi connectivity index (χ4v) is 5.63. The van der Waals surface area contributed by atoms with Gasteiger partial charge in [-0.15, -0.1) is 0 Å². The molecule has 1 aromatic rings. The Hall–Kier alpha value is -1.19. The fraction of sp³-hybridized carbons (Fsp3) is 0.708. The summed E-state index contributed by atoms with van der Waals surface area (Å²) in [5.41, 5.74) is 0.0376. The number of hydrogen-bond donors (Lipinski definition) is 0. The van der Waals surface area contributed by atoms with Crippen LogP contribution in [0.4, 0.5) is 0 Å². The molecule has 0 saturated heterocycles. The minimum Gasteiger partial charge on any atom is -0.374 e. The molecule has 1 aromatic carbocycles. The van der Waals surface area contributed by atoms with Crippen molar-refractivity contribution < 1.29 is 14.3 Å². The molecule has 150 valence electrons. The zero-order valence-corrected chi connectivity index (χ0v) is 17.2. The van der Waals surface area contributed by atoms with E-state index in [1.165, 1.54) is 12.8 Å². The number of ketones is 1. The SMILES string of the molecule is CCOC1(C(C(=O)c2ccccc2)C2(OCC)CCCCC2)CCCCC1. The number of Topliss-reactive ketones (excluding diaryl/α,β-unsaturated/α-hetero) is 1. The van der Waals surface area contributed by atoms with Gasteiger partial charge in [-0.1, -0.05) is 68.9 Å². The van der Waals surface area contributed by atoms with Crippen molar-refractivity contribution in [2.75, 3.05) is 13.2 Å². The maximum Gasteiger partial charge on any atom is 0.171 e. The molecule has 0 radical (unpaired) electrons. The average Bonchev–Trinajstić information content (AvgIpc) is 2.70. The molecule has 0 aliphatic heterocycles. The quantitative estimate of drug-likeness (QED) is 0.528. The number of ether oxygens (including phenoxy) is 2. The molecule has 0 bridgehead atoms. The van der Waals surface area contributed by atoms with Crippen molar-refractivity contribution >= 4 is 5.78 Å². The summed E-state index contributed by atoms with van der Waals surface area (Å²) in [6.07, 6.45) is 10.9. The molecule has 2 aliphatic rings. The highest BCUT2D eigenvalue weighted by atomic mass is 16.5. The van der Waals surface area contributed by atoms with Crippen molar-refractivity contribution in [1.29, 1.82) is 0 Å². The Morgan fingerprint density at radius 1 is 0.815 bits per heavy atom. The summed E-state index contributed by atoms with van der Waals surface area (Å²) in [5.74, 6) is 0.00852. The van der Waals surface area contributed by atoms with Gasteiger partial charge in [0, 0.05) is 18.8 Å². The van der Waals surface area contributed by atoms with E-state index in [0.29, 0.717) is 13.2 Å². The largest absolute Gasteiger partial charge is 0.374 e. The Balaban J connectivity index is 2.08. The second-order valence-electron chi connectivity index (χ2n) is 8.28. The van der Waals surface area contributed by atoms with E-state index in [1.54, 1.807) is 0 Å². The molecule has 0 aromatic heterocycles. The van der Waals surface area contributed by atoms with Crippen LogP contribution < -0.4 is 0 Å². The molecule has 27 heavy (non-hydrogen) atoms. The van der Waals surface area contributed by atoms with E-state index in [2.05, 4.69) is 13.8 Å². The first-order valence-corrected chi connectivity index (χ1v) is 11.0. The average molecular weight is 373 g/mol. The van der Waals surface area contributed by atoms with Gasteiger partial charge in [-0.25, -0.2) is 0 Å². The van der Waals surface area contributed by atoms with Crippen molar-refractivity contribution in [2.24, 2.45) is 5.92 Å².